The Morgan fingerprint density at radius 3 is 2.71 bits per heavy atom. The van der Waals surface area contributed by atoms with E-state index < -0.39 is 0 Å². The summed E-state index contributed by atoms with van der Waals surface area (Å²) in [7, 11) is 0. The average Bonchev–Trinajstić information content (AvgIpc) is 2.37. The van der Waals surface area contributed by atoms with Crippen LogP contribution in [0.15, 0.2) is 35.3 Å². The van der Waals surface area contributed by atoms with Crippen LogP contribution in [0.4, 0.5) is 0 Å². The first kappa shape index (κ1) is 15.9. The van der Waals surface area contributed by atoms with Gasteiger partial charge in [0.15, 0.2) is 0 Å². The van der Waals surface area contributed by atoms with E-state index in [4.69, 9.17) is 0 Å². The molecule has 0 bridgehead atoms. The van der Waals surface area contributed by atoms with Gasteiger partial charge in [-0.2, -0.15) is 0 Å². The molecule has 6 heteroatoms. The summed E-state index contributed by atoms with van der Waals surface area (Å²) in [6.07, 6.45) is 1.75. The lowest BCUT2D eigenvalue weighted by molar-refractivity contribution is 0.165. The Balaban J connectivity index is 0.00000161. The molecule has 2 atom stereocenters. The van der Waals surface area contributed by atoms with Gasteiger partial charge < -0.3 is 5.32 Å². The number of rotatable bonds is 2. The van der Waals surface area contributed by atoms with Crippen LogP contribution in [-0.4, -0.2) is 39.5 Å². The highest BCUT2D eigenvalue weighted by atomic mass is 35.5. The van der Waals surface area contributed by atoms with Crippen LogP contribution in [0.25, 0.3) is 5.65 Å². The Bertz CT molecular complexity index is 662. The minimum absolute atomic E-state index is 0. The van der Waals surface area contributed by atoms with Gasteiger partial charge in [-0.05, 0) is 26.0 Å². The largest absolute Gasteiger partial charge is 0.309 e. The van der Waals surface area contributed by atoms with E-state index in [9.17, 15) is 4.79 Å². The smallest absolute Gasteiger partial charge is 0.258 e. The molecule has 0 aromatic carbocycles. The lowest BCUT2D eigenvalue weighted by atomic mass is 10.1. The molecule has 1 N–H and O–H groups in total. The van der Waals surface area contributed by atoms with Crippen molar-refractivity contribution < 1.29 is 0 Å². The van der Waals surface area contributed by atoms with Gasteiger partial charge in [0.1, 0.15) is 5.65 Å². The average molecular weight is 309 g/mol. The fourth-order valence-electron chi connectivity index (χ4n) is 2.98. The van der Waals surface area contributed by atoms with Crippen molar-refractivity contribution >= 4 is 18.1 Å². The Morgan fingerprint density at radius 1 is 1.29 bits per heavy atom. The molecule has 0 radical (unpaired) electrons. The number of nitrogens with one attached hydrogen (secondary N) is 1. The maximum atomic E-state index is 12.1. The van der Waals surface area contributed by atoms with E-state index in [1.165, 1.54) is 0 Å². The molecule has 21 heavy (non-hydrogen) atoms. The van der Waals surface area contributed by atoms with Gasteiger partial charge >= 0.3 is 0 Å². The van der Waals surface area contributed by atoms with E-state index in [1.54, 1.807) is 16.7 Å². The third-order valence-corrected chi connectivity index (χ3v) is 3.64. The molecule has 0 spiro atoms. The Morgan fingerprint density at radius 2 is 2.00 bits per heavy atom. The van der Waals surface area contributed by atoms with Gasteiger partial charge in [0.25, 0.3) is 5.56 Å². The molecule has 0 saturated carbocycles. The molecule has 2 aromatic heterocycles. The SMILES string of the molecule is CC1CN(Cc2cc(=O)n3ccccc3n2)CC(C)N1.Cl. The van der Waals surface area contributed by atoms with Gasteiger partial charge in [-0.3, -0.25) is 14.1 Å². The molecule has 1 saturated heterocycles. The van der Waals surface area contributed by atoms with E-state index in [0.717, 1.165) is 25.3 Å². The van der Waals surface area contributed by atoms with Crippen LogP contribution in [0.5, 0.6) is 0 Å². The van der Waals surface area contributed by atoms with Crippen molar-refractivity contribution in [3.05, 3.63) is 46.5 Å². The van der Waals surface area contributed by atoms with Gasteiger partial charge in [0, 0.05) is 44.0 Å². The first-order chi connectivity index (χ1) is 9.61. The van der Waals surface area contributed by atoms with Crippen molar-refractivity contribution in [3.8, 4) is 0 Å². The Labute approximate surface area is 130 Å². The van der Waals surface area contributed by atoms with Crippen molar-refractivity contribution in [1.82, 2.24) is 19.6 Å². The number of fused-ring (bicyclic) bond motifs is 1. The molecule has 1 fully saturated rings. The second kappa shape index (κ2) is 6.56. The van der Waals surface area contributed by atoms with Crippen molar-refractivity contribution in [2.45, 2.75) is 32.5 Å². The molecular weight excluding hydrogens is 288 g/mol. The quantitative estimate of drug-likeness (QED) is 0.908. The van der Waals surface area contributed by atoms with Crippen molar-refractivity contribution in [1.29, 1.82) is 0 Å². The van der Waals surface area contributed by atoms with Crippen molar-refractivity contribution in [2.24, 2.45) is 0 Å². The predicted molar refractivity (Wildman–Crippen MR) is 86.0 cm³/mol. The first-order valence-electron chi connectivity index (χ1n) is 7.07. The molecule has 1 aliphatic heterocycles. The Hall–Kier alpha value is -1.43. The second-order valence-corrected chi connectivity index (χ2v) is 5.68. The predicted octanol–water partition coefficient (Wildman–Crippen LogP) is 1.30. The Kier molecular flexibility index (Phi) is 4.98. The monoisotopic (exact) mass is 308 g/mol. The molecule has 3 heterocycles. The number of pyridine rings is 1. The van der Waals surface area contributed by atoms with E-state index in [2.05, 4.69) is 29.0 Å². The molecule has 5 nitrogen and oxygen atoms in total. The fraction of sp³-hybridized carbons (Fsp3) is 0.467. The normalized spacial score (nSPS) is 23.0. The van der Waals surface area contributed by atoms with Crippen LogP contribution < -0.4 is 10.9 Å². The zero-order valence-corrected chi connectivity index (χ0v) is 13.1. The molecule has 1 aliphatic rings. The van der Waals surface area contributed by atoms with Crippen molar-refractivity contribution in [2.75, 3.05) is 13.1 Å². The molecule has 3 rings (SSSR count). The highest BCUT2D eigenvalue weighted by Gasteiger charge is 2.21. The number of halogens is 1. The summed E-state index contributed by atoms with van der Waals surface area (Å²) in [6.45, 7) is 7.08. The lowest BCUT2D eigenvalue weighted by Crippen LogP contribution is -2.53. The third-order valence-electron chi connectivity index (χ3n) is 3.64. The summed E-state index contributed by atoms with van der Waals surface area (Å²) in [4.78, 5) is 19.0. The number of aromatic nitrogens is 2. The summed E-state index contributed by atoms with van der Waals surface area (Å²) in [5.41, 5.74) is 1.55. The number of hydrogen-bond acceptors (Lipinski definition) is 4. The number of nitrogens with zero attached hydrogens (tertiary/aromatic N) is 3. The number of hydrogen-bond donors (Lipinski definition) is 1. The van der Waals surface area contributed by atoms with Gasteiger partial charge in [-0.1, -0.05) is 6.07 Å². The standard InChI is InChI=1S/C15H20N4O.ClH/c1-11-8-18(9-12(2)16-11)10-13-7-15(20)19-6-4-3-5-14(19)17-13;/h3-7,11-12,16H,8-10H2,1-2H3;1H. The van der Waals surface area contributed by atoms with Crippen LogP contribution in [0.3, 0.4) is 0 Å². The lowest BCUT2D eigenvalue weighted by Gasteiger charge is -2.35. The maximum absolute atomic E-state index is 12.1. The van der Waals surface area contributed by atoms with Crippen molar-refractivity contribution in [3.63, 3.8) is 0 Å². The fourth-order valence-corrected chi connectivity index (χ4v) is 2.98. The molecule has 114 valence electrons. The minimum atomic E-state index is -0.0122. The van der Waals surface area contributed by atoms with E-state index >= 15 is 0 Å². The summed E-state index contributed by atoms with van der Waals surface area (Å²) in [5, 5.41) is 3.51. The van der Waals surface area contributed by atoms with Crippen LogP contribution in [0.1, 0.15) is 19.5 Å². The van der Waals surface area contributed by atoms with Gasteiger partial charge in [-0.15, -0.1) is 12.4 Å². The van der Waals surface area contributed by atoms with E-state index in [-0.39, 0.29) is 18.0 Å². The van der Waals surface area contributed by atoms with E-state index in [0.29, 0.717) is 17.7 Å². The molecule has 0 amide bonds. The molecule has 2 unspecified atom stereocenters. The summed E-state index contributed by atoms with van der Waals surface area (Å²) >= 11 is 0. The highest BCUT2D eigenvalue weighted by molar-refractivity contribution is 5.85. The minimum Gasteiger partial charge on any atom is -0.309 e. The van der Waals surface area contributed by atoms with Gasteiger partial charge in [0.2, 0.25) is 0 Å². The van der Waals surface area contributed by atoms with Crippen LogP contribution in [-0.2, 0) is 6.54 Å². The second-order valence-electron chi connectivity index (χ2n) is 5.68. The number of piperazine rings is 1. The molecular formula is C15H21ClN4O. The van der Waals surface area contributed by atoms with Crippen LogP contribution >= 0.6 is 12.4 Å². The summed E-state index contributed by atoms with van der Waals surface area (Å²) in [5.74, 6) is 0. The van der Waals surface area contributed by atoms with Crippen LogP contribution in [0.2, 0.25) is 0 Å². The molecule has 0 aliphatic carbocycles. The highest BCUT2D eigenvalue weighted by Crippen LogP contribution is 2.08. The maximum Gasteiger partial charge on any atom is 0.258 e. The molecule has 2 aromatic rings. The van der Waals surface area contributed by atoms with Crippen LogP contribution in [0, 0.1) is 0 Å². The summed E-state index contributed by atoms with van der Waals surface area (Å²) < 4.78 is 1.58. The first-order valence-corrected chi connectivity index (χ1v) is 7.07. The third kappa shape index (κ3) is 3.61. The zero-order valence-electron chi connectivity index (χ0n) is 12.3. The topological polar surface area (TPSA) is 49.6 Å². The summed E-state index contributed by atoms with van der Waals surface area (Å²) in [6, 6.07) is 8.20. The van der Waals surface area contributed by atoms with Gasteiger partial charge in [0.05, 0.1) is 5.69 Å². The van der Waals surface area contributed by atoms with E-state index in [1.807, 2.05) is 18.2 Å². The zero-order chi connectivity index (χ0) is 14.1. The van der Waals surface area contributed by atoms with Gasteiger partial charge in [-0.25, -0.2) is 4.98 Å².